The van der Waals surface area contributed by atoms with Crippen LogP contribution >= 0.6 is 0 Å². The van der Waals surface area contributed by atoms with E-state index in [0.29, 0.717) is 11.3 Å². The highest BCUT2D eigenvalue weighted by Gasteiger charge is 2.16. The van der Waals surface area contributed by atoms with E-state index in [4.69, 9.17) is 14.8 Å². The monoisotopic (exact) mass is 632 g/mol. The van der Waals surface area contributed by atoms with Crippen molar-refractivity contribution in [1.29, 1.82) is 0 Å². The molecule has 7 rings (SSSR count). The van der Waals surface area contributed by atoms with E-state index in [0.717, 1.165) is 46.0 Å². The molecule has 0 fully saturated rings. The average molecular weight is 633 g/mol. The van der Waals surface area contributed by atoms with Crippen molar-refractivity contribution in [2.24, 2.45) is 5.41 Å². The first-order valence-corrected chi connectivity index (χ1v) is 17.0. The van der Waals surface area contributed by atoms with Gasteiger partial charge in [0.1, 0.15) is 17.3 Å². The van der Waals surface area contributed by atoms with Gasteiger partial charge < -0.3 is 4.74 Å². The molecule has 4 aromatic carbocycles. The topological polar surface area (TPSA) is 44.9 Å². The summed E-state index contributed by atoms with van der Waals surface area (Å²) in [6.07, 6.45) is 8.25. The number of hydrogen-bond donors (Lipinski definition) is 0. The first-order chi connectivity index (χ1) is 23.0. The van der Waals surface area contributed by atoms with Gasteiger partial charge in [-0.3, -0.25) is 4.57 Å². The van der Waals surface area contributed by atoms with Crippen LogP contribution in [0.4, 0.5) is 0 Å². The fourth-order valence-corrected chi connectivity index (χ4v) is 6.77. The molecular formula is C43H44N4O. The second kappa shape index (κ2) is 12.5. The third-order valence-corrected chi connectivity index (χ3v) is 9.26. The molecule has 0 atom stereocenters. The van der Waals surface area contributed by atoms with Crippen molar-refractivity contribution < 1.29 is 4.74 Å². The molecule has 3 aromatic heterocycles. The zero-order valence-corrected chi connectivity index (χ0v) is 29.1. The lowest BCUT2D eigenvalue weighted by Gasteiger charge is -2.19. The summed E-state index contributed by atoms with van der Waals surface area (Å²) in [5.74, 6) is 2.84. The lowest BCUT2D eigenvalue weighted by atomic mass is 9.87. The smallest absolute Gasteiger partial charge is 0.137 e. The summed E-state index contributed by atoms with van der Waals surface area (Å²) in [6, 6.07) is 31.9. The molecule has 0 aliphatic heterocycles. The highest BCUT2D eigenvalue weighted by molar-refractivity contribution is 6.09. The van der Waals surface area contributed by atoms with Crippen molar-refractivity contribution in [2.75, 3.05) is 0 Å². The van der Waals surface area contributed by atoms with Crippen LogP contribution in [-0.4, -0.2) is 19.3 Å². The van der Waals surface area contributed by atoms with Gasteiger partial charge in [0, 0.05) is 40.9 Å². The number of hydrogen-bond acceptors (Lipinski definition) is 3. The van der Waals surface area contributed by atoms with Crippen LogP contribution in [0.15, 0.2) is 110 Å². The van der Waals surface area contributed by atoms with Gasteiger partial charge >= 0.3 is 0 Å². The average Bonchev–Trinajstić information content (AvgIpc) is 3.66. The lowest BCUT2D eigenvalue weighted by molar-refractivity contribution is 0.378. The Morgan fingerprint density at radius 1 is 0.771 bits per heavy atom. The first-order valence-electron chi connectivity index (χ1n) is 17.0. The molecule has 0 N–H and O–H groups in total. The number of aryl methyl sites for hydroxylation is 3. The molecule has 0 saturated heterocycles. The predicted molar refractivity (Wildman–Crippen MR) is 199 cm³/mol. The largest absolute Gasteiger partial charge is 0.457 e. The van der Waals surface area contributed by atoms with E-state index < -0.39 is 0 Å². The number of nitrogens with zero attached hydrogens (tertiary/aromatic N) is 4. The van der Waals surface area contributed by atoms with Crippen LogP contribution in [0.2, 0.25) is 0 Å². The molecule has 0 radical (unpaired) electrons. The highest BCUT2D eigenvalue weighted by atomic mass is 16.5. The van der Waals surface area contributed by atoms with Crippen LogP contribution in [0, 0.1) is 19.3 Å². The number of aromatic nitrogens is 4. The molecule has 7 aromatic rings. The minimum Gasteiger partial charge on any atom is -0.457 e. The van der Waals surface area contributed by atoms with Gasteiger partial charge in [-0.15, -0.1) is 0 Å². The molecule has 0 bridgehead atoms. The minimum absolute atomic E-state index is 0.323. The van der Waals surface area contributed by atoms with Gasteiger partial charge in [0.2, 0.25) is 0 Å². The van der Waals surface area contributed by atoms with E-state index in [1.165, 1.54) is 45.0 Å². The Morgan fingerprint density at radius 3 is 2.29 bits per heavy atom. The fraction of sp³-hybridized carbons (Fsp3) is 0.256. The molecule has 0 aliphatic carbocycles. The number of benzene rings is 4. The van der Waals surface area contributed by atoms with Gasteiger partial charge in [-0.25, -0.2) is 9.67 Å². The quantitative estimate of drug-likeness (QED) is 0.167. The summed E-state index contributed by atoms with van der Waals surface area (Å²) < 4.78 is 10.7. The van der Waals surface area contributed by atoms with E-state index in [9.17, 15) is 0 Å². The Bertz CT molecular complexity index is 2240. The summed E-state index contributed by atoms with van der Waals surface area (Å²) in [6.45, 7) is 15.8. The molecule has 0 amide bonds. The fourth-order valence-electron chi connectivity index (χ4n) is 6.77. The number of fused-ring (bicyclic) bond motifs is 3. The Morgan fingerprint density at radius 2 is 1.52 bits per heavy atom. The molecule has 242 valence electrons. The van der Waals surface area contributed by atoms with Gasteiger partial charge in [0.05, 0.1) is 22.9 Å². The highest BCUT2D eigenvalue weighted by Crippen LogP contribution is 2.36. The van der Waals surface area contributed by atoms with Gasteiger partial charge in [-0.1, -0.05) is 71.0 Å². The van der Waals surface area contributed by atoms with E-state index in [1.54, 1.807) is 0 Å². The van der Waals surface area contributed by atoms with E-state index in [-0.39, 0.29) is 0 Å². The molecule has 0 saturated carbocycles. The Hall–Kier alpha value is -5.16. The zero-order valence-electron chi connectivity index (χ0n) is 29.1. The molecule has 3 heterocycles. The normalized spacial score (nSPS) is 12.0. The summed E-state index contributed by atoms with van der Waals surface area (Å²) in [5, 5.41) is 7.12. The van der Waals surface area contributed by atoms with Crippen molar-refractivity contribution in [3.8, 4) is 34.1 Å². The van der Waals surface area contributed by atoms with Crippen molar-refractivity contribution >= 4 is 21.8 Å². The number of pyridine rings is 1. The van der Waals surface area contributed by atoms with Gasteiger partial charge in [0.25, 0.3) is 0 Å². The summed E-state index contributed by atoms with van der Waals surface area (Å²) in [4.78, 5) is 4.79. The van der Waals surface area contributed by atoms with Crippen LogP contribution in [0.5, 0.6) is 11.5 Å². The van der Waals surface area contributed by atoms with Crippen molar-refractivity contribution in [1.82, 2.24) is 19.3 Å². The third-order valence-electron chi connectivity index (χ3n) is 9.26. The van der Waals surface area contributed by atoms with Gasteiger partial charge in [-0.05, 0) is 108 Å². The molecule has 48 heavy (non-hydrogen) atoms. The van der Waals surface area contributed by atoms with E-state index >= 15 is 0 Å². The maximum Gasteiger partial charge on any atom is 0.137 e. The second-order valence-electron chi connectivity index (χ2n) is 14.6. The summed E-state index contributed by atoms with van der Waals surface area (Å²) in [7, 11) is 0. The Balaban J connectivity index is 1.19. The van der Waals surface area contributed by atoms with Gasteiger partial charge in [0.15, 0.2) is 0 Å². The van der Waals surface area contributed by atoms with E-state index in [1.807, 2.05) is 41.3 Å². The summed E-state index contributed by atoms with van der Waals surface area (Å²) >= 11 is 0. The molecule has 5 heteroatoms. The van der Waals surface area contributed by atoms with E-state index in [2.05, 4.69) is 126 Å². The second-order valence-corrected chi connectivity index (χ2v) is 14.6. The molecule has 0 aliphatic rings. The summed E-state index contributed by atoms with van der Waals surface area (Å²) in [5.41, 5.74) is 11.1. The zero-order chi connectivity index (χ0) is 33.6. The maximum atomic E-state index is 6.51. The minimum atomic E-state index is 0.323. The molecule has 0 spiro atoms. The van der Waals surface area contributed by atoms with Gasteiger partial charge in [-0.2, -0.15) is 5.10 Å². The van der Waals surface area contributed by atoms with Crippen LogP contribution in [0.25, 0.3) is 44.4 Å². The van der Waals surface area contributed by atoms with Crippen molar-refractivity contribution in [3.63, 3.8) is 0 Å². The molecular weight excluding hydrogens is 589 g/mol. The number of rotatable bonds is 8. The first kappa shape index (κ1) is 31.4. The van der Waals surface area contributed by atoms with Crippen LogP contribution in [-0.2, 0) is 6.42 Å². The molecule has 5 nitrogen and oxygen atoms in total. The van der Waals surface area contributed by atoms with Crippen molar-refractivity contribution in [3.05, 3.63) is 132 Å². The molecule has 0 unspecified atom stereocenters. The lowest BCUT2D eigenvalue weighted by Crippen LogP contribution is -2.06. The standard InChI is InChI=1S/C43H44N4O/c1-28(2)32-18-20-44-41(23-32)47-39-14-9-8-13-37(39)38-16-15-36(25-40(38)47)48-35-12-10-11-34(24-35)46-27-33(26-45-46)42-29(3)21-31(22-30(42)4)17-19-43(5,6)7/h8-16,18,20-28H,17,19H2,1-7H3. The Labute approximate surface area is 283 Å². The number of para-hydroxylation sites is 1. The van der Waals surface area contributed by atoms with Crippen molar-refractivity contribution in [2.45, 2.75) is 67.2 Å². The maximum absolute atomic E-state index is 6.51. The van der Waals surface area contributed by atoms with Crippen LogP contribution in [0.1, 0.15) is 69.2 Å². The number of ether oxygens (including phenoxy) is 1. The SMILES string of the molecule is Cc1cc(CCC(C)(C)C)cc(C)c1-c1cnn(-c2cccc(Oc3ccc4c5ccccc5n(-c5cc(C(C)C)ccn5)c4c3)c2)c1. The Kier molecular flexibility index (Phi) is 8.16. The van der Waals surface area contributed by atoms with Crippen LogP contribution in [0.3, 0.4) is 0 Å². The van der Waals surface area contributed by atoms with Crippen LogP contribution < -0.4 is 4.74 Å². The predicted octanol–water partition coefficient (Wildman–Crippen LogP) is 11.5. The third kappa shape index (κ3) is 6.25.